The molecule has 1 rings (SSSR count). The van der Waals surface area contributed by atoms with Gasteiger partial charge in [-0.05, 0) is 24.6 Å². The van der Waals surface area contributed by atoms with Crippen LogP contribution in [0.1, 0.15) is 5.56 Å². The van der Waals surface area contributed by atoms with Crippen molar-refractivity contribution in [3.05, 3.63) is 23.8 Å². The second kappa shape index (κ2) is 5.48. The lowest BCUT2D eigenvalue weighted by Gasteiger charge is -2.13. The number of nitrogens with two attached hydrogens (primary N) is 1. The smallest absolute Gasteiger partial charge is 0.254 e. The van der Waals surface area contributed by atoms with Crippen LogP contribution < -0.4 is 15.8 Å². The number of aliphatic hydroxyl groups excluding tert-OH is 1. The van der Waals surface area contributed by atoms with Gasteiger partial charge in [0, 0.05) is 6.54 Å². The molecule has 0 radical (unpaired) electrons. The van der Waals surface area contributed by atoms with Crippen LogP contribution in [0.3, 0.4) is 0 Å². The Hall–Kier alpha value is -1.59. The molecule has 1 atom stereocenters. The third-order valence-corrected chi connectivity index (χ3v) is 2.14. The predicted molar refractivity (Wildman–Crippen MR) is 61.4 cm³/mol. The van der Waals surface area contributed by atoms with Crippen molar-refractivity contribution in [2.75, 3.05) is 19.0 Å². The molecule has 0 fully saturated rings. The van der Waals surface area contributed by atoms with Gasteiger partial charge in [-0.3, -0.25) is 4.79 Å². The van der Waals surface area contributed by atoms with E-state index in [2.05, 4.69) is 5.32 Å². The lowest BCUT2D eigenvalue weighted by molar-refractivity contribution is -0.123. The number of aryl methyl sites for hydroxylation is 1. The van der Waals surface area contributed by atoms with E-state index < -0.39 is 12.0 Å². The van der Waals surface area contributed by atoms with Gasteiger partial charge in [-0.15, -0.1) is 0 Å². The van der Waals surface area contributed by atoms with Gasteiger partial charge in [-0.25, -0.2) is 0 Å². The first kappa shape index (κ1) is 12.5. The number of anilines is 1. The van der Waals surface area contributed by atoms with Gasteiger partial charge in [0.1, 0.15) is 11.9 Å². The van der Waals surface area contributed by atoms with Gasteiger partial charge in [0.15, 0.2) is 0 Å². The molecule has 0 aliphatic carbocycles. The van der Waals surface area contributed by atoms with Crippen LogP contribution in [0.2, 0.25) is 0 Å². The molecule has 5 heteroatoms. The summed E-state index contributed by atoms with van der Waals surface area (Å²) in [4.78, 5) is 11.4. The Bertz CT molecular complexity index is 379. The van der Waals surface area contributed by atoms with E-state index in [1.807, 2.05) is 13.0 Å². The number of nitrogens with one attached hydrogen (secondary N) is 1. The maximum Gasteiger partial charge on any atom is 0.254 e. The highest BCUT2D eigenvalue weighted by molar-refractivity contribution is 5.95. The number of benzene rings is 1. The Balaban J connectivity index is 2.87. The monoisotopic (exact) mass is 224 g/mol. The van der Waals surface area contributed by atoms with E-state index in [0.29, 0.717) is 11.4 Å². The zero-order valence-electron chi connectivity index (χ0n) is 9.36. The summed E-state index contributed by atoms with van der Waals surface area (Å²) in [6, 6.07) is 5.38. The molecular formula is C11H16N2O3. The number of hydrogen-bond acceptors (Lipinski definition) is 4. The molecule has 0 heterocycles. The minimum absolute atomic E-state index is 0.111. The summed E-state index contributed by atoms with van der Waals surface area (Å²) >= 11 is 0. The first-order valence-electron chi connectivity index (χ1n) is 4.92. The van der Waals surface area contributed by atoms with Crippen molar-refractivity contribution in [2.45, 2.75) is 13.0 Å². The fourth-order valence-electron chi connectivity index (χ4n) is 1.24. The highest BCUT2D eigenvalue weighted by Crippen LogP contribution is 2.25. The molecule has 1 aromatic carbocycles. The Labute approximate surface area is 94.2 Å². The second-order valence-electron chi connectivity index (χ2n) is 3.44. The fraction of sp³-hybridized carbons (Fsp3) is 0.364. The molecule has 88 valence electrons. The summed E-state index contributed by atoms with van der Waals surface area (Å²) in [5, 5.41) is 11.8. The van der Waals surface area contributed by atoms with Gasteiger partial charge in [0.2, 0.25) is 0 Å². The normalized spacial score (nSPS) is 12.0. The minimum Gasteiger partial charge on any atom is -0.495 e. The van der Waals surface area contributed by atoms with Crippen molar-refractivity contribution in [1.82, 2.24) is 0 Å². The maximum absolute atomic E-state index is 11.4. The van der Waals surface area contributed by atoms with Crippen molar-refractivity contribution in [1.29, 1.82) is 0 Å². The van der Waals surface area contributed by atoms with Crippen LogP contribution in [0.25, 0.3) is 0 Å². The van der Waals surface area contributed by atoms with E-state index in [1.54, 1.807) is 12.1 Å². The molecule has 1 unspecified atom stereocenters. The molecule has 0 aliphatic rings. The number of amides is 1. The largest absolute Gasteiger partial charge is 0.495 e. The van der Waals surface area contributed by atoms with Crippen molar-refractivity contribution in [3.8, 4) is 5.75 Å². The molecular weight excluding hydrogens is 208 g/mol. The highest BCUT2D eigenvalue weighted by Gasteiger charge is 2.14. The number of carbonyl (C=O) groups excluding carboxylic acids is 1. The van der Waals surface area contributed by atoms with Crippen molar-refractivity contribution < 1.29 is 14.6 Å². The second-order valence-corrected chi connectivity index (χ2v) is 3.44. The minimum atomic E-state index is -1.20. The molecule has 0 aromatic heterocycles. The van der Waals surface area contributed by atoms with Crippen molar-refractivity contribution in [2.24, 2.45) is 5.73 Å². The van der Waals surface area contributed by atoms with Gasteiger partial charge in [0.25, 0.3) is 5.91 Å². The van der Waals surface area contributed by atoms with Gasteiger partial charge in [-0.2, -0.15) is 0 Å². The van der Waals surface area contributed by atoms with E-state index >= 15 is 0 Å². The van der Waals surface area contributed by atoms with Crippen LogP contribution in [-0.4, -0.2) is 30.8 Å². The summed E-state index contributed by atoms with van der Waals surface area (Å²) in [5.74, 6) is 0.00886. The molecule has 5 nitrogen and oxygen atoms in total. The SMILES string of the molecule is COc1ccc(C)cc1NC(=O)C(O)CN. The van der Waals surface area contributed by atoms with E-state index in [4.69, 9.17) is 10.5 Å². The zero-order valence-corrected chi connectivity index (χ0v) is 9.36. The van der Waals surface area contributed by atoms with Crippen LogP contribution >= 0.6 is 0 Å². The van der Waals surface area contributed by atoms with Gasteiger partial charge >= 0.3 is 0 Å². The van der Waals surface area contributed by atoms with Crippen LogP contribution in [0.5, 0.6) is 5.75 Å². The standard InChI is InChI=1S/C11H16N2O3/c1-7-3-4-10(16-2)8(5-7)13-11(15)9(14)6-12/h3-5,9,14H,6,12H2,1-2H3,(H,13,15). The number of hydrogen-bond donors (Lipinski definition) is 3. The molecule has 16 heavy (non-hydrogen) atoms. The number of aliphatic hydroxyl groups is 1. The highest BCUT2D eigenvalue weighted by atomic mass is 16.5. The topological polar surface area (TPSA) is 84.6 Å². The summed E-state index contributed by atoms with van der Waals surface area (Å²) < 4.78 is 5.09. The van der Waals surface area contributed by atoms with Gasteiger partial charge in [-0.1, -0.05) is 6.07 Å². The Morgan fingerprint density at radius 2 is 2.31 bits per heavy atom. The van der Waals surface area contributed by atoms with Crippen molar-refractivity contribution >= 4 is 11.6 Å². The Kier molecular flexibility index (Phi) is 4.28. The maximum atomic E-state index is 11.4. The molecule has 4 N–H and O–H groups in total. The quantitative estimate of drug-likeness (QED) is 0.685. The van der Waals surface area contributed by atoms with Crippen LogP contribution in [-0.2, 0) is 4.79 Å². The summed E-state index contributed by atoms with van der Waals surface area (Å²) in [6.07, 6.45) is -1.20. The molecule has 0 aliphatic heterocycles. The van der Waals surface area contributed by atoms with E-state index in [1.165, 1.54) is 7.11 Å². The van der Waals surface area contributed by atoms with E-state index in [-0.39, 0.29) is 6.54 Å². The van der Waals surface area contributed by atoms with Gasteiger partial charge in [0.05, 0.1) is 12.8 Å². The average molecular weight is 224 g/mol. The third-order valence-electron chi connectivity index (χ3n) is 2.14. The molecule has 0 saturated carbocycles. The Morgan fingerprint density at radius 3 is 2.88 bits per heavy atom. The molecule has 1 aromatic rings. The molecule has 0 spiro atoms. The predicted octanol–water partition coefficient (Wildman–Crippen LogP) is 0.262. The zero-order chi connectivity index (χ0) is 12.1. The van der Waals surface area contributed by atoms with E-state index in [9.17, 15) is 9.90 Å². The number of methoxy groups -OCH3 is 1. The molecule has 0 bridgehead atoms. The first-order valence-corrected chi connectivity index (χ1v) is 4.92. The first-order chi connectivity index (χ1) is 7.58. The third kappa shape index (κ3) is 2.95. The van der Waals surface area contributed by atoms with Crippen molar-refractivity contribution in [3.63, 3.8) is 0 Å². The lowest BCUT2D eigenvalue weighted by Crippen LogP contribution is -2.34. The average Bonchev–Trinajstić information content (AvgIpc) is 2.28. The number of rotatable bonds is 4. The van der Waals surface area contributed by atoms with Crippen LogP contribution in [0, 0.1) is 6.92 Å². The lowest BCUT2D eigenvalue weighted by atomic mass is 10.2. The van der Waals surface area contributed by atoms with Crippen LogP contribution in [0.15, 0.2) is 18.2 Å². The van der Waals surface area contributed by atoms with Gasteiger partial charge < -0.3 is 20.9 Å². The molecule has 0 saturated heterocycles. The number of ether oxygens (including phenoxy) is 1. The van der Waals surface area contributed by atoms with E-state index in [0.717, 1.165) is 5.56 Å². The Morgan fingerprint density at radius 1 is 1.62 bits per heavy atom. The summed E-state index contributed by atoms with van der Waals surface area (Å²) in [6.45, 7) is 1.79. The van der Waals surface area contributed by atoms with Crippen LogP contribution in [0.4, 0.5) is 5.69 Å². The number of carbonyl (C=O) groups is 1. The summed E-state index contributed by atoms with van der Waals surface area (Å²) in [7, 11) is 1.51. The summed E-state index contributed by atoms with van der Waals surface area (Å²) in [5.41, 5.74) is 6.70. The molecule has 1 amide bonds. The fourth-order valence-corrected chi connectivity index (χ4v) is 1.24.